The van der Waals surface area contributed by atoms with Crippen molar-refractivity contribution in [2.45, 2.75) is 70.9 Å². The van der Waals surface area contributed by atoms with Crippen molar-refractivity contribution in [2.24, 2.45) is 17.8 Å². The zero-order chi connectivity index (χ0) is 26.4. The Kier molecular flexibility index (Phi) is 8.89. The van der Waals surface area contributed by atoms with Gasteiger partial charge in [-0.1, -0.05) is 50.6 Å². The zero-order valence-electron chi connectivity index (χ0n) is 20.6. The van der Waals surface area contributed by atoms with E-state index in [0.29, 0.717) is 6.42 Å². The van der Waals surface area contributed by atoms with Gasteiger partial charge < -0.3 is 30.5 Å². The highest BCUT2D eigenvalue weighted by Gasteiger charge is 2.51. The van der Waals surface area contributed by atoms with E-state index in [4.69, 9.17) is 9.47 Å². The van der Waals surface area contributed by atoms with Crippen LogP contribution in [0.3, 0.4) is 0 Å². The van der Waals surface area contributed by atoms with Crippen molar-refractivity contribution in [3.05, 3.63) is 35.9 Å². The number of ether oxygens (including phenoxy) is 2. The Morgan fingerprint density at radius 3 is 2.44 bits per heavy atom. The molecule has 1 aliphatic heterocycles. The van der Waals surface area contributed by atoms with E-state index in [1.807, 2.05) is 19.9 Å². The number of nitrogens with one attached hydrogen (secondary N) is 3. The second kappa shape index (κ2) is 11.9. The van der Waals surface area contributed by atoms with Crippen LogP contribution in [0, 0.1) is 17.8 Å². The fourth-order valence-corrected chi connectivity index (χ4v) is 4.11. The maximum absolute atomic E-state index is 12.5. The van der Waals surface area contributed by atoms with Crippen LogP contribution in [0.5, 0.6) is 0 Å². The minimum absolute atomic E-state index is 0.0230. The first-order valence-corrected chi connectivity index (χ1v) is 12.1. The van der Waals surface area contributed by atoms with Gasteiger partial charge in [-0.15, -0.1) is 0 Å². The molecule has 1 saturated carbocycles. The molecule has 1 aliphatic carbocycles. The number of amides is 3. The van der Waals surface area contributed by atoms with E-state index in [0.717, 1.165) is 12.0 Å². The number of hydrogen-bond acceptors (Lipinski definition) is 7. The minimum atomic E-state index is -1.22. The number of carboxylic acid groups (broad SMARTS) is 1. The van der Waals surface area contributed by atoms with E-state index in [1.165, 1.54) is 6.92 Å². The number of rotatable bonds is 12. The predicted molar refractivity (Wildman–Crippen MR) is 126 cm³/mol. The Labute approximate surface area is 209 Å². The molecule has 4 N–H and O–H groups in total. The predicted octanol–water partition coefficient (Wildman–Crippen LogP) is 1.35. The van der Waals surface area contributed by atoms with Crippen LogP contribution in [-0.4, -0.2) is 59.2 Å². The first-order chi connectivity index (χ1) is 17.1. The molecule has 11 heteroatoms. The van der Waals surface area contributed by atoms with Gasteiger partial charge in [0.15, 0.2) is 6.10 Å². The molecule has 1 unspecified atom stereocenters. The smallest absolute Gasteiger partial charge is 0.408 e. The fraction of sp³-hybridized carbons (Fsp3) is 0.560. The van der Waals surface area contributed by atoms with E-state index in [-0.39, 0.29) is 42.8 Å². The monoisotopic (exact) mass is 503 g/mol. The third-order valence-corrected chi connectivity index (χ3v) is 6.70. The van der Waals surface area contributed by atoms with E-state index < -0.39 is 42.1 Å². The normalized spacial score (nSPS) is 24.7. The van der Waals surface area contributed by atoms with E-state index >= 15 is 0 Å². The second-order valence-electron chi connectivity index (χ2n) is 9.44. The van der Waals surface area contributed by atoms with Crippen LogP contribution < -0.4 is 16.0 Å². The van der Waals surface area contributed by atoms with Gasteiger partial charge in [-0.05, 0) is 37.2 Å². The SMILES string of the molecule is CC[C@H](C)C1C(=O)O[C@H]1C(=O)N[C@@H]1C[C@H]1C[C@H](NC(=O)[C@H](C)NC(=O)OCc1ccccc1)C(=O)O. The molecule has 36 heavy (non-hydrogen) atoms. The summed E-state index contributed by atoms with van der Waals surface area (Å²) < 4.78 is 10.1. The Morgan fingerprint density at radius 1 is 1.14 bits per heavy atom. The Balaban J connectivity index is 1.42. The van der Waals surface area contributed by atoms with Crippen LogP contribution in [0.25, 0.3) is 0 Å². The minimum Gasteiger partial charge on any atom is -0.480 e. The maximum atomic E-state index is 12.5. The van der Waals surface area contributed by atoms with Crippen LogP contribution in [0.2, 0.25) is 0 Å². The highest BCUT2D eigenvalue weighted by Crippen LogP contribution is 2.37. The van der Waals surface area contributed by atoms with Gasteiger partial charge in [0.05, 0.1) is 0 Å². The van der Waals surface area contributed by atoms with Crippen molar-refractivity contribution in [1.82, 2.24) is 16.0 Å². The van der Waals surface area contributed by atoms with Gasteiger partial charge in [0.25, 0.3) is 5.91 Å². The largest absolute Gasteiger partial charge is 0.480 e. The Bertz CT molecular complexity index is 985. The molecule has 1 saturated heterocycles. The first kappa shape index (κ1) is 27.0. The average Bonchev–Trinajstić information content (AvgIpc) is 3.57. The first-order valence-electron chi connectivity index (χ1n) is 12.1. The summed E-state index contributed by atoms with van der Waals surface area (Å²) in [6.45, 7) is 5.29. The number of esters is 1. The quantitative estimate of drug-likeness (QED) is 0.311. The van der Waals surface area contributed by atoms with E-state index in [1.54, 1.807) is 24.3 Å². The van der Waals surface area contributed by atoms with Gasteiger partial charge in [0.1, 0.15) is 24.6 Å². The van der Waals surface area contributed by atoms with Crippen LogP contribution in [0.1, 0.15) is 45.6 Å². The molecule has 0 radical (unpaired) electrons. The average molecular weight is 504 g/mol. The number of cyclic esters (lactones) is 1. The number of carboxylic acids is 1. The van der Waals surface area contributed by atoms with E-state index in [2.05, 4.69) is 16.0 Å². The summed E-state index contributed by atoms with van der Waals surface area (Å²) in [4.78, 5) is 60.4. The zero-order valence-corrected chi connectivity index (χ0v) is 20.6. The molecule has 0 aromatic heterocycles. The Morgan fingerprint density at radius 2 is 1.83 bits per heavy atom. The summed E-state index contributed by atoms with van der Waals surface area (Å²) >= 11 is 0. The molecule has 0 bridgehead atoms. The topological polar surface area (TPSA) is 160 Å². The lowest BCUT2D eigenvalue weighted by molar-refractivity contribution is -0.193. The summed E-state index contributed by atoms with van der Waals surface area (Å²) in [5.74, 6) is -3.23. The van der Waals surface area contributed by atoms with Crippen molar-refractivity contribution in [3.8, 4) is 0 Å². The molecule has 0 spiro atoms. The number of alkyl carbamates (subject to hydrolysis) is 1. The standard InChI is InChI=1S/C25H33N3O8/c1-4-13(2)19-20(36-24(19)33)22(30)27-17-10-16(17)11-18(23(31)32)28-21(29)14(3)26-25(34)35-12-15-8-6-5-7-9-15/h5-9,13-14,16-20H,4,10-12H2,1-3H3,(H,26,34)(H,27,30)(H,28,29)(H,31,32)/t13-,14-,16-,17+,18-,19?,20+/m0/s1. The third-order valence-electron chi connectivity index (χ3n) is 6.70. The fourth-order valence-electron chi connectivity index (χ4n) is 4.11. The number of hydrogen-bond donors (Lipinski definition) is 4. The molecular weight excluding hydrogens is 470 g/mol. The van der Waals surface area contributed by atoms with Crippen molar-refractivity contribution in [3.63, 3.8) is 0 Å². The number of carbonyl (C=O) groups excluding carboxylic acids is 4. The van der Waals surface area contributed by atoms with Crippen LogP contribution in [-0.2, 0) is 35.3 Å². The molecule has 11 nitrogen and oxygen atoms in total. The lowest BCUT2D eigenvalue weighted by atomic mass is 9.83. The highest BCUT2D eigenvalue weighted by molar-refractivity contribution is 5.94. The summed E-state index contributed by atoms with van der Waals surface area (Å²) in [7, 11) is 0. The lowest BCUT2D eigenvalue weighted by Gasteiger charge is -2.37. The van der Waals surface area contributed by atoms with Gasteiger partial charge in [0.2, 0.25) is 5.91 Å². The molecular formula is C25H33N3O8. The van der Waals surface area contributed by atoms with Gasteiger partial charge in [0, 0.05) is 6.04 Å². The van der Waals surface area contributed by atoms with Gasteiger partial charge in [-0.25, -0.2) is 9.59 Å². The van der Waals surface area contributed by atoms with Crippen LogP contribution in [0.4, 0.5) is 4.79 Å². The molecule has 196 valence electrons. The van der Waals surface area contributed by atoms with E-state index in [9.17, 15) is 29.1 Å². The molecule has 7 atom stereocenters. The molecule has 1 aromatic rings. The van der Waals surface area contributed by atoms with Gasteiger partial charge in [-0.2, -0.15) is 0 Å². The maximum Gasteiger partial charge on any atom is 0.408 e. The number of aliphatic carboxylic acids is 1. The summed E-state index contributed by atoms with van der Waals surface area (Å²) in [5, 5.41) is 17.2. The van der Waals surface area contributed by atoms with Gasteiger partial charge in [-0.3, -0.25) is 14.4 Å². The Hall–Kier alpha value is -3.63. The molecule has 3 amide bonds. The molecule has 2 aliphatic rings. The van der Waals surface area contributed by atoms with Crippen molar-refractivity contribution in [2.75, 3.05) is 0 Å². The molecule has 2 fully saturated rings. The molecule has 3 rings (SSSR count). The van der Waals surface area contributed by atoms with Crippen molar-refractivity contribution < 1.29 is 38.6 Å². The second-order valence-corrected chi connectivity index (χ2v) is 9.44. The van der Waals surface area contributed by atoms with Crippen LogP contribution >= 0.6 is 0 Å². The number of benzene rings is 1. The summed E-state index contributed by atoms with van der Waals surface area (Å²) in [6.07, 6.45) is -0.216. The van der Waals surface area contributed by atoms with Crippen molar-refractivity contribution in [1.29, 1.82) is 0 Å². The summed E-state index contributed by atoms with van der Waals surface area (Å²) in [6, 6.07) is 6.56. The lowest BCUT2D eigenvalue weighted by Crippen LogP contribution is -2.56. The van der Waals surface area contributed by atoms with Gasteiger partial charge >= 0.3 is 18.0 Å². The molecule has 1 heterocycles. The van der Waals surface area contributed by atoms with Crippen molar-refractivity contribution >= 4 is 29.8 Å². The molecule has 1 aromatic carbocycles. The van der Waals surface area contributed by atoms with Crippen LogP contribution in [0.15, 0.2) is 30.3 Å². The summed E-state index contributed by atoms with van der Waals surface area (Å²) in [5.41, 5.74) is 0.785. The third kappa shape index (κ3) is 6.96. The highest BCUT2D eigenvalue weighted by atomic mass is 16.6. The number of carbonyl (C=O) groups is 5.